The Balaban J connectivity index is 1.58. The van der Waals surface area contributed by atoms with Gasteiger partial charge in [-0.1, -0.05) is 28.4 Å². The summed E-state index contributed by atoms with van der Waals surface area (Å²) < 4.78 is 56.3. The zero-order chi connectivity index (χ0) is 24.1. The summed E-state index contributed by atoms with van der Waals surface area (Å²) in [5, 5.41) is 13.7. The average Bonchev–Trinajstić information content (AvgIpc) is 3.44. The summed E-state index contributed by atoms with van der Waals surface area (Å²) in [4.78, 5) is 20.1. The lowest BCUT2D eigenvalue weighted by molar-refractivity contribution is -0.275. The molecule has 1 aromatic carbocycles. The van der Waals surface area contributed by atoms with Crippen LogP contribution >= 0.6 is 34.5 Å². The second-order valence-electron chi connectivity index (χ2n) is 7.51. The predicted molar refractivity (Wildman–Crippen MR) is 114 cm³/mol. The number of hydrogen-bond acceptors (Lipinski definition) is 6. The fourth-order valence-electron chi connectivity index (χ4n) is 3.81. The van der Waals surface area contributed by atoms with Crippen molar-refractivity contribution in [3.63, 3.8) is 0 Å². The number of rotatable bonds is 3. The van der Waals surface area contributed by atoms with Crippen LogP contribution in [0.3, 0.4) is 0 Å². The van der Waals surface area contributed by atoms with Gasteiger partial charge in [0.05, 0.1) is 34.0 Å². The monoisotopic (exact) mass is 520 g/mol. The van der Waals surface area contributed by atoms with E-state index in [0.29, 0.717) is 10.4 Å². The molecule has 1 N–H and O–H groups in total. The average molecular weight is 521 g/mol. The molecule has 0 saturated heterocycles. The Bertz CT molecular complexity index is 1200. The highest BCUT2D eigenvalue weighted by atomic mass is 35.5. The third-order valence-corrected chi connectivity index (χ3v) is 7.43. The van der Waals surface area contributed by atoms with Crippen LogP contribution in [0, 0.1) is 24.1 Å². The van der Waals surface area contributed by atoms with E-state index >= 15 is 0 Å². The van der Waals surface area contributed by atoms with Gasteiger partial charge in [-0.25, -0.2) is 4.39 Å². The molecule has 1 amide bonds. The number of amides is 1. The van der Waals surface area contributed by atoms with Gasteiger partial charge in [-0.05, 0) is 30.2 Å². The molecule has 1 aromatic heterocycles. The van der Waals surface area contributed by atoms with Gasteiger partial charge >= 0.3 is 6.18 Å². The van der Waals surface area contributed by atoms with Crippen LogP contribution in [-0.4, -0.2) is 29.4 Å². The molecule has 33 heavy (non-hydrogen) atoms. The molecule has 0 radical (unpaired) electrons. The van der Waals surface area contributed by atoms with Gasteiger partial charge in [0.2, 0.25) is 0 Å². The fourth-order valence-corrected chi connectivity index (χ4v) is 5.54. The number of fused-ring (bicyclic) bond motifs is 1. The van der Waals surface area contributed by atoms with Crippen LogP contribution in [0.15, 0.2) is 17.3 Å². The third-order valence-electron chi connectivity index (χ3n) is 5.56. The molecule has 174 valence electrons. The molecule has 1 unspecified atom stereocenters. The Labute approximate surface area is 199 Å². The SMILES string of the molecule is Cc1c(C(=O)NCC#N)sc2c1CN(C1=NOC(c3cc(Cl)c(F)c(Cl)c3)(C(F)(F)F)C1)C2. The number of hydrogen-bond donors (Lipinski definition) is 1. The number of alkyl halides is 3. The lowest BCUT2D eigenvalue weighted by atomic mass is 9.89. The maximum absolute atomic E-state index is 14.2. The molecule has 0 spiro atoms. The standard InChI is InChI=1S/C20H14Cl2F4N4O2S/c1-9-11-7-30(8-14(11)33-17(9)18(31)28-3-2-27)15-6-19(32-29-15,20(24,25)26)10-4-12(21)16(23)13(22)5-10/h4-5H,3,6-8H2,1H3,(H,28,31). The third kappa shape index (κ3) is 3.90. The maximum atomic E-state index is 14.2. The summed E-state index contributed by atoms with van der Waals surface area (Å²) in [6.45, 7) is 2.10. The maximum Gasteiger partial charge on any atom is 0.435 e. The first-order valence-electron chi connectivity index (χ1n) is 9.46. The van der Waals surface area contributed by atoms with Gasteiger partial charge in [-0.15, -0.1) is 11.3 Å². The van der Waals surface area contributed by atoms with Crippen molar-refractivity contribution < 1.29 is 27.2 Å². The first-order valence-corrected chi connectivity index (χ1v) is 11.0. The van der Waals surface area contributed by atoms with Crippen LogP contribution in [-0.2, 0) is 23.5 Å². The van der Waals surface area contributed by atoms with Crippen molar-refractivity contribution in [2.75, 3.05) is 6.54 Å². The van der Waals surface area contributed by atoms with E-state index in [9.17, 15) is 22.4 Å². The van der Waals surface area contributed by atoms with Crippen LogP contribution in [0.25, 0.3) is 0 Å². The molecule has 2 aromatic rings. The number of oxime groups is 1. The molecule has 0 fully saturated rings. The highest BCUT2D eigenvalue weighted by molar-refractivity contribution is 7.14. The van der Waals surface area contributed by atoms with Gasteiger partial charge in [-0.3, -0.25) is 4.79 Å². The highest BCUT2D eigenvalue weighted by Crippen LogP contribution is 2.50. The minimum Gasteiger partial charge on any atom is -0.372 e. The van der Waals surface area contributed by atoms with E-state index in [1.807, 2.05) is 6.07 Å². The van der Waals surface area contributed by atoms with Crippen molar-refractivity contribution in [3.05, 3.63) is 54.4 Å². The van der Waals surface area contributed by atoms with E-state index in [1.54, 1.807) is 11.8 Å². The van der Waals surface area contributed by atoms with E-state index in [-0.39, 0.29) is 31.4 Å². The minimum atomic E-state index is -4.89. The smallest absolute Gasteiger partial charge is 0.372 e. The Morgan fingerprint density at radius 2 is 2.03 bits per heavy atom. The van der Waals surface area contributed by atoms with Gasteiger partial charge in [0.15, 0.2) is 5.82 Å². The zero-order valence-electron chi connectivity index (χ0n) is 16.8. The number of halogens is 6. The van der Waals surface area contributed by atoms with E-state index in [2.05, 4.69) is 10.5 Å². The van der Waals surface area contributed by atoms with E-state index in [1.165, 1.54) is 11.3 Å². The van der Waals surface area contributed by atoms with Gasteiger partial charge in [0.25, 0.3) is 11.5 Å². The number of nitriles is 1. The van der Waals surface area contributed by atoms with Crippen molar-refractivity contribution in [3.8, 4) is 6.07 Å². The zero-order valence-corrected chi connectivity index (χ0v) is 19.1. The first kappa shape index (κ1) is 23.6. The number of nitrogens with zero attached hydrogens (tertiary/aromatic N) is 3. The van der Waals surface area contributed by atoms with Gasteiger partial charge < -0.3 is 15.1 Å². The Morgan fingerprint density at radius 3 is 2.61 bits per heavy atom. The Hall–Kier alpha value is -2.55. The normalized spacial score (nSPS) is 19.7. The van der Waals surface area contributed by atoms with Crippen LogP contribution in [0.4, 0.5) is 17.6 Å². The van der Waals surface area contributed by atoms with Crippen molar-refractivity contribution >= 4 is 46.3 Å². The Kier molecular flexibility index (Phi) is 5.97. The quantitative estimate of drug-likeness (QED) is 0.340. The van der Waals surface area contributed by atoms with Gasteiger partial charge in [-0.2, -0.15) is 18.4 Å². The molecule has 2 aliphatic rings. The number of benzene rings is 1. The number of thiophene rings is 1. The molecule has 1 atom stereocenters. The molecular weight excluding hydrogens is 507 g/mol. The topological polar surface area (TPSA) is 77.7 Å². The molecular formula is C20H14Cl2F4N4O2S. The molecule has 13 heteroatoms. The van der Waals surface area contributed by atoms with Crippen LogP contribution < -0.4 is 5.32 Å². The van der Waals surface area contributed by atoms with E-state index in [4.69, 9.17) is 33.3 Å². The van der Waals surface area contributed by atoms with Gasteiger partial charge in [0, 0.05) is 17.0 Å². The Morgan fingerprint density at radius 1 is 1.36 bits per heavy atom. The molecule has 0 aliphatic carbocycles. The lowest BCUT2D eigenvalue weighted by Gasteiger charge is -2.30. The van der Waals surface area contributed by atoms with Crippen molar-refractivity contribution in [2.24, 2.45) is 5.16 Å². The number of carbonyl (C=O) groups is 1. The summed E-state index contributed by atoms with van der Waals surface area (Å²) >= 11 is 12.7. The molecule has 6 nitrogen and oxygen atoms in total. The summed E-state index contributed by atoms with van der Waals surface area (Å²) in [6.07, 6.45) is -5.55. The summed E-state index contributed by atoms with van der Waals surface area (Å²) in [6, 6.07) is 3.51. The minimum absolute atomic E-state index is 0.0576. The summed E-state index contributed by atoms with van der Waals surface area (Å²) in [5.74, 6) is -1.34. The van der Waals surface area contributed by atoms with Crippen LogP contribution in [0.2, 0.25) is 10.0 Å². The van der Waals surface area contributed by atoms with Crippen LogP contribution in [0.1, 0.15) is 37.7 Å². The van der Waals surface area contributed by atoms with Crippen molar-refractivity contribution in [2.45, 2.75) is 38.2 Å². The molecule has 4 rings (SSSR count). The fraction of sp³-hybridized carbons (Fsp3) is 0.350. The predicted octanol–water partition coefficient (Wildman–Crippen LogP) is 5.26. The van der Waals surface area contributed by atoms with E-state index < -0.39 is 39.6 Å². The summed E-state index contributed by atoms with van der Waals surface area (Å²) in [5.41, 5.74) is -1.79. The summed E-state index contributed by atoms with van der Waals surface area (Å²) in [7, 11) is 0. The van der Waals surface area contributed by atoms with Crippen molar-refractivity contribution in [1.82, 2.24) is 10.2 Å². The van der Waals surface area contributed by atoms with E-state index in [0.717, 1.165) is 22.6 Å². The second-order valence-corrected chi connectivity index (χ2v) is 9.43. The first-order chi connectivity index (χ1) is 15.5. The number of amidine groups is 1. The lowest BCUT2D eigenvalue weighted by Crippen LogP contribution is -2.44. The number of carbonyl (C=O) groups excluding carboxylic acids is 1. The van der Waals surface area contributed by atoms with Crippen molar-refractivity contribution in [1.29, 1.82) is 5.26 Å². The largest absolute Gasteiger partial charge is 0.435 e. The molecule has 0 saturated carbocycles. The molecule has 3 heterocycles. The van der Waals surface area contributed by atoms with Crippen LogP contribution in [0.5, 0.6) is 0 Å². The highest BCUT2D eigenvalue weighted by Gasteiger charge is 2.63. The van der Waals surface area contributed by atoms with Gasteiger partial charge in [0.1, 0.15) is 12.4 Å². The molecule has 2 aliphatic heterocycles. The number of nitrogens with one attached hydrogen (secondary N) is 1. The second kappa shape index (κ2) is 8.34. The molecule has 0 bridgehead atoms.